The highest BCUT2D eigenvalue weighted by Gasteiger charge is 2.65. The average Bonchev–Trinajstić information content (AvgIpc) is 4.08. The van der Waals surface area contributed by atoms with Gasteiger partial charge in [-0.25, -0.2) is 0 Å². The van der Waals surface area contributed by atoms with Crippen LogP contribution in [0.25, 0.3) is 86.2 Å². The molecule has 2 atom stereocenters. The van der Waals surface area contributed by atoms with Crippen LogP contribution >= 0.6 is 0 Å². The molecule has 14 aromatic rings. The topological polar surface area (TPSA) is 58.9 Å². The molecule has 2 unspecified atom stereocenters. The predicted octanol–water partition coefficient (Wildman–Crippen LogP) is 16.8. The van der Waals surface area contributed by atoms with Crippen molar-refractivity contribution in [2.24, 2.45) is 0 Å². The lowest BCUT2D eigenvalue weighted by atomic mass is 9.68. The third-order valence-corrected chi connectivity index (χ3v) is 16.7. The molecule has 15 rings (SSSR count). The van der Waals surface area contributed by atoms with Crippen LogP contribution in [0.2, 0.25) is 0 Å². The van der Waals surface area contributed by atoms with E-state index in [-0.39, 0.29) is 0 Å². The van der Waals surface area contributed by atoms with Crippen molar-refractivity contribution >= 4 is 86.2 Å². The van der Waals surface area contributed by atoms with Crippen molar-refractivity contribution in [2.45, 2.75) is 29.2 Å². The Hall–Kier alpha value is -9.00. The highest BCUT2D eigenvalue weighted by molar-refractivity contribution is 6.14. The summed E-state index contributed by atoms with van der Waals surface area (Å²) in [7, 11) is 0. The van der Waals surface area contributed by atoms with Crippen LogP contribution in [0.1, 0.15) is 33.4 Å². The highest BCUT2D eigenvalue weighted by atomic mass is 16.8. The minimum absolute atomic E-state index is 0.622. The van der Waals surface area contributed by atoms with E-state index in [4.69, 9.17) is 9.47 Å². The molecule has 1 aliphatic rings. The van der Waals surface area contributed by atoms with E-state index < -0.39 is 29.2 Å². The molecular weight excluding hydrogens is 941 g/mol. The van der Waals surface area contributed by atoms with Gasteiger partial charge in [-0.15, -0.1) is 0 Å². The number of ether oxygens (including phenoxy) is 2. The molecule has 1 aliphatic heterocycles. The lowest BCUT2D eigenvalue weighted by Gasteiger charge is -2.44. The van der Waals surface area contributed by atoms with Gasteiger partial charge in [-0.05, 0) is 133 Å². The van der Waals surface area contributed by atoms with Gasteiger partial charge in [0.05, 0.1) is 0 Å². The van der Waals surface area contributed by atoms with E-state index in [2.05, 4.69) is 170 Å². The van der Waals surface area contributed by atoms with Gasteiger partial charge in [0.15, 0.2) is 0 Å². The van der Waals surface area contributed by atoms with Gasteiger partial charge in [0.25, 0.3) is 0 Å². The van der Waals surface area contributed by atoms with Gasteiger partial charge in [0.1, 0.15) is 23.4 Å². The van der Waals surface area contributed by atoms with E-state index >= 15 is 10.2 Å². The molecule has 4 heteroatoms. The second kappa shape index (κ2) is 17.5. The summed E-state index contributed by atoms with van der Waals surface area (Å²) in [6.07, 6.45) is -2.75. The Morgan fingerprint density at radius 2 is 0.455 bits per heavy atom. The molecule has 2 N–H and O–H groups in total. The Bertz CT molecular complexity index is 4110. The Balaban J connectivity index is 1.16. The van der Waals surface area contributed by atoms with Crippen LogP contribution in [0.4, 0.5) is 0 Å². The molecule has 0 amide bonds. The van der Waals surface area contributed by atoms with Gasteiger partial charge >= 0.3 is 0 Å². The van der Waals surface area contributed by atoms with Gasteiger partial charge in [0.2, 0.25) is 5.79 Å². The number of rotatable bonds is 8. The van der Waals surface area contributed by atoms with E-state index in [9.17, 15) is 0 Å². The predicted molar refractivity (Wildman–Crippen MR) is 315 cm³/mol. The Kier molecular flexibility index (Phi) is 10.3. The van der Waals surface area contributed by atoms with Crippen molar-refractivity contribution in [3.63, 3.8) is 0 Å². The minimum atomic E-state index is -2.10. The molecule has 1 saturated heterocycles. The molecule has 4 nitrogen and oxygen atoms in total. The minimum Gasteiger partial charge on any atom is -0.377 e. The van der Waals surface area contributed by atoms with E-state index in [1.807, 2.05) is 109 Å². The van der Waals surface area contributed by atoms with Gasteiger partial charge in [0, 0.05) is 11.1 Å². The lowest BCUT2D eigenvalue weighted by Crippen LogP contribution is -2.55. The second-order valence-electron chi connectivity index (χ2n) is 20.7. The van der Waals surface area contributed by atoms with Crippen LogP contribution in [0.3, 0.4) is 0 Å². The van der Waals surface area contributed by atoms with Crippen molar-refractivity contribution in [1.82, 2.24) is 0 Å². The summed E-state index contributed by atoms with van der Waals surface area (Å²) >= 11 is 0. The van der Waals surface area contributed by atoms with Crippen LogP contribution in [0, 0.1) is 0 Å². The number of benzene rings is 14. The maximum absolute atomic E-state index is 15.8. The third kappa shape index (κ3) is 6.74. The summed E-state index contributed by atoms with van der Waals surface area (Å²) in [4.78, 5) is 0. The summed E-state index contributed by atoms with van der Waals surface area (Å²) in [5.74, 6) is -1.70. The molecular formula is C73H50O4. The maximum Gasteiger partial charge on any atom is 0.223 e. The molecule has 0 spiro atoms. The molecule has 14 aromatic carbocycles. The van der Waals surface area contributed by atoms with E-state index in [1.165, 1.54) is 0 Å². The first-order valence-corrected chi connectivity index (χ1v) is 26.5. The summed E-state index contributed by atoms with van der Waals surface area (Å²) < 4.78 is 16.4. The Morgan fingerprint density at radius 3 is 0.714 bits per heavy atom. The molecule has 0 aliphatic carbocycles. The van der Waals surface area contributed by atoms with Gasteiger partial charge in [-0.2, -0.15) is 0 Å². The number of hydrogen-bond acceptors (Lipinski definition) is 4. The van der Waals surface area contributed by atoms with Crippen LogP contribution in [0.5, 0.6) is 0 Å². The van der Waals surface area contributed by atoms with Crippen molar-refractivity contribution in [1.29, 1.82) is 0 Å². The molecule has 0 bridgehead atoms. The first-order chi connectivity index (χ1) is 37.9. The lowest BCUT2D eigenvalue weighted by molar-refractivity contribution is -0.176. The number of aliphatic hydroxyl groups is 2. The molecule has 0 aromatic heterocycles. The Labute approximate surface area is 445 Å². The molecule has 1 fully saturated rings. The summed E-state index contributed by atoms with van der Waals surface area (Å²) in [6, 6.07) is 95.5. The van der Waals surface area contributed by atoms with E-state index in [1.54, 1.807) is 0 Å². The molecule has 1 heterocycles. The number of fused-ring (bicyclic) bond motifs is 12. The van der Waals surface area contributed by atoms with Crippen molar-refractivity contribution in [2.75, 3.05) is 0 Å². The van der Waals surface area contributed by atoms with Gasteiger partial charge in [-0.3, -0.25) is 0 Å². The monoisotopic (exact) mass is 990 g/mol. The summed E-state index contributed by atoms with van der Waals surface area (Å²) in [6.45, 7) is 0. The zero-order valence-corrected chi connectivity index (χ0v) is 41.9. The molecule has 0 radical (unpaired) electrons. The quantitative estimate of drug-likeness (QED) is 0.149. The second-order valence-corrected chi connectivity index (χ2v) is 20.7. The normalized spacial score (nSPS) is 15.9. The fraction of sp³-hybridized carbons (Fsp3) is 0.0685. The van der Waals surface area contributed by atoms with Gasteiger partial charge in [-0.1, -0.05) is 255 Å². The summed E-state index contributed by atoms with van der Waals surface area (Å²) in [5, 5.41) is 46.9. The number of hydrogen-bond donors (Lipinski definition) is 2. The molecule has 0 saturated carbocycles. The smallest absolute Gasteiger partial charge is 0.223 e. The van der Waals surface area contributed by atoms with Crippen molar-refractivity contribution < 1.29 is 19.7 Å². The average molecular weight is 991 g/mol. The van der Waals surface area contributed by atoms with Gasteiger partial charge < -0.3 is 19.7 Å². The van der Waals surface area contributed by atoms with E-state index in [0.29, 0.717) is 33.4 Å². The van der Waals surface area contributed by atoms with Crippen molar-refractivity contribution in [3.8, 4) is 0 Å². The largest absolute Gasteiger partial charge is 0.377 e. The van der Waals surface area contributed by atoms with E-state index in [0.717, 1.165) is 86.2 Å². The molecule has 77 heavy (non-hydrogen) atoms. The SMILES string of the molecule is OC(c1cc2ccccc2c2ccccc12)(c1cc2ccccc2c2ccccc12)C1OC(c2ccccc2)(c2ccccc2)OC1C(O)(c1cc2ccccc2c2ccccc12)c1cc2ccccc2c2ccccc12. The fourth-order valence-corrected chi connectivity index (χ4v) is 13.3. The first-order valence-electron chi connectivity index (χ1n) is 26.5. The maximum atomic E-state index is 15.8. The first kappa shape index (κ1) is 45.4. The standard InChI is InChI=1S/C73H50O4/c74-71(65-43-47-23-7-11-31-53(47)57-35-15-19-39-61(57)65,66-44-48-24-8-12-32-54(48)58-36-16-20-40-62(58)66)69-70(77-73(76-69,51-27-3-1-4-28-51)52-29-5-2-6-30-52)72(75,67-45-49-25-9-13-33-55(49)59-37-17-21-41-63(59)67)68-46-50-26-10-14-34-56(50)60-38-18-22-42-64(60)68/h1-46,69-70,74-75H. The molecule has 366 valence electrons. The Morgan fingerprint density at radius 1 is 0.247 bits per heavy atom. The zero-order chi connectivity index (χ0) is 51.3. The summed E-state index contributed by atoms with van der Waals surface area (Å²) in [5.41, 5.74) is -0.293. The van der Waals surface area contributed by atoms with Crippen LogP contribution in [-0.4, -0.2) is 22.4 Å². The van der Waals surface area contributed by atoms with Crippen molar-refractivity contribution in [3.05, 3.63) is 312 Å². The highest BCUT2D eigenvalue weighted by Crippen LogP contribution is 2.59. The van der Waals surface area contributed by atoms with Crippen LogP contribution in [-0.2, 0) is 26.5 Å². The van der Waals surface area contributed by atoms with Crippen LogP contribution < -0.4 is 0 Å². The fourth-order valence-electron chi connectivity index (χ4n) is 13.3. The third-order valence-electron chi connectivity index (χ3n) is 16.7. The zero-order valence-electron chi connectivity index (χ0n) is 41.9. The van der Waals surface area contributed by atoms with Crippen LogP contribution in [0.15, 0.2) is 279 Å².